The lowest BCUT2D eigenvalue weighted by molar-refractivity contribution is 0.100. The van der Waals surface area contributed by atoms with E-state index >= 15 is 0 Å². The molecule has 0 aliphatic carbocycles. The Balaban J connectivity index is 2.26. The zero-order valence-electron chi connectivity index (χ0n) is 10.6. The second-order valence-corrected chi connectivity index (χ2v) is 5.65. The number of hydrogen-bond acceptors (Lipinski definition) is 3. The van der Waals surface area contributed by atoms with Gasteiger partial charge in [-0.15, -0.1) is 11.3 Å². The van der Waals surface area contributed by atoms with Crippen LogP contribution < -0.4 is 5.73 Å². The summed E-state index contributed by atoms with van der Waals surface area (Å²) in [6.45, 7) is 4.43. The molecule has 18 heavy (non-hydrogen) atoms. The summed E-state index contributed by atoms with van der Waals surface area (Å²) in [6, 6.07) is 12.3. The summed E-state index contributed by atoms with van der Waals surface area (Å²) in [5.41, 5.74) is 7.84. The van der Waals surface area contributed by atoms with Crippen molar-refractivity contribution >= 4 is 17.1 Å². The Bertz CT molecular complexity index is 540. The number of benzene rings is 1. The van der Waals surface area contributed by atoms with E-state index in [9.17, 15) is 4.79 Å². The van der Waals surface area contributed by atoms with E-state index in [0.29, 0.717) is 5.92 Å². The van der Waals surface area contributed by atoms with Crippen LogP contribution in [0.4, 0.5) is 0 Å². The zero-order chi connectivity index (χ0) is 13.1. The van der Waals surface area contributed by atoms with Crippen LogP contribution in [0.1, 0.15) is 35.0 Å². The highest BCUT2D eigenvalue weighted by Crippen LogP contribution is 2.29. The maximum Gasteiger partial charge on any atom is 0.186 e. The molecular weight excluding hydrogens is 242 g/mol. The van der Waals surface area contributed by atoms with Gasteiger partial charge in [0.05, 0.1) is 11.4 Å². The maximum atomic E-state index is 11.5. The molecule has 0 amide bonds. The minimum atomic E-state index is 0.00468. The van der Waals surface area contributed by atoms with Gasteiger partial charge in [0.15, 0.2) is 5.78 Å². The maximum absolute atomic E-state index is 11.5. The first-order valence-electron chi connectivity index (χ1n) is 6.05. The van der Waals surface area contributed by atoms with Crippen molar-refractivity contribution in [2.75, 3.05) is 6.54 Å². The third-order valence-corrected chi connectivity index (χ3v) is 4.10. The molecule has 2 N–H and O–H groups in total. The molecule has 2 rings (SSSR count). The molecule has 0 saturated heterocycles. The monoisotopic (exact) mass is 259 g/mol. The highest BCUT2D eigenvalue weighted by Gasteiger charge is 2.08. The molecule has 1 heterocycles. The molecule has 0 radical (unpaired) electrons. The van der Waals surface area contributed by atoms with E-state index in [0.717, 1.165) is 15.3 Å². The third kappa shape index (κ3) is 2.68. The topological polar surface area (TPSA) is 43.1 Å². The molecule has 0 aliphatic heterocycles. The minimum Gasteiger partial charge on any atom is -0.324 e. The molecule has 0 atom stereocenters. The molecule has 94 valence electrons. The first-order valence-corrected chi connectivity index (χ1v) is 6.87. The molecule has 0 aliphatic rings. The van der Waals surface area contributed by atoms with Crippen LogP contribution in [0.3, 0.4) is 0 Å². The number of Topliss-reactive ketones (excluding diaryl/α,β-unsaturated/α-hetero) is 1. The third-order valence-electron chi connectivity index (χ3n) is 2.93. The van der Waals surface area contributed by atoms with E-state index in [2.05, 4.69) is 38.1 Å². The van der Waals surface area contributed by atoms with Crippen LogP contribution in [-0.2, 0) is 0 Å². The van der Waals surface area contributed by atoms with Crippen molar-refractivity contribution in [3.63, 3.8) is 0 Å². The van der Waals surface area contributed by atoms with Crippen LogP contribution in [0.2, 0.25) is 0 Å². The van der Waals surface area contributed by atoms with Gasteiger partial charge in [-0.1, -0.05) is 38.1 Å². The molecule has 0 fully saturated rings. The van der Waals surface area contributed by atoms with Crippen LogP contribution in [0.15, 0.2) is 36.4 Å². The number of rotatable bonds is 4. The number of carbonyl (C=O) groups is 1. The van der Waals surface area contributed by atoms with Gasteiger partial charge in [-0.05, 0) is 29.2 Å². The van der Waals surface area contributed by atoms with Crippen molar-refractivity contribution in [1.29, 1.82) is 0 Å². The van der Waals surface area contributed by atoms with Crippen molar-refractivity contribution in [2.24, 2.45) is 5.73 Å². The zero-order valence-corrected chi connectivity index (χ0v) is 11.5. The van der Waals surface area contributed by atoms with E-state index in [4.69, 9.17) is 5.73 Å². The summed E-state index contributed by atoms with van der Waals surface area (Å²) in [6.07, 6.45) is 0. The van der Waals surface area contributed by atoms with Crippen molar-refractivity contribution in [2.45, 2.75) is 19.8 Å². The van der Waals surface area contributed by atoms with Crippen LogP contribution in [0, 0.1) is 0 Å². The fraction of sp³-hybridized carbons (Fsp3) is 0.267. The Labute approximate surface area is 111 Å². The fourth-order valence-electron chi connectivity index (χ4n) is 1.78. The number of thiophene rings is 1. The molecule has 1 aromatic heterocycles. The second-order valence-electron chi connectivity index (χ2n) is 4.57. The van der Waals surface area contributed by atoms with Crippen molar-refractivity contribution in [3.8, 4) is 10.4 Å². The van der Waals surface area contributed by atoms with Gasteiger partial charge in [0.1, 0.15) is 0 Å². The van der Waals surface area contributed by atoms with Gasteiger partial charge in [-0.25, -0.2) is 0 Å². The normalized spacial score (nSPS) is 10.9. The molecule has 0 spiro atoms. The molecule has 0 bridgehead atoms. The summed E-state index contributed by atoms with van der Waals surface area (Å²) >= 11 is 1.50. The number of ketones is 1. The first-order chi connectivity index (χ1) is 8.61. The fourth-order valence-corrected chi connectivity index (χ4v) is 2.74. The van der Waals surface area contributed by atoms with E-state index in [-0.39, 0.29) is 12.3 Å². The lowest BCUT2D eigenvalue weighted by Crippen LogP contribution is -2.11. The van der Waals surface area contributed by atoms with Crippen molar-refractivity contribution in [3.05, 3.63) is 46.8 Å². The molecule has 2 nitrogen and oxygen atoms in total. The van der Waals surface area contributed by atoms with E-state index in [1.165, 1.54) is 16.9 Å². The van der Waals surface area contributed by atoms with Gasteiger partial charge in [0.2, 0.25) is 0 Å². The van der Waals surface area contributed by atoms with E-state index in [1.54, 1.807) is 0 Å². The standard InChI is InChI=1S/C15H17NOS/c1-10(2)11-3-5-12(6-4-11)14-7-8-15(18-14)13(17)9-16/h3-8,10H,9,16H2,1-2H3. The SMILES string of the molecule is CC(C)c1ccc(-c2ccc(C(=O)CN)s2)cc1. The van der Waals surface area contributed by atoms with Gasteiger partial charge in [0.25, 0.3) is 0 Å². The molecule has 1 aromatic carbocycles. The van der Waals surface area contributed by atoms with Gasteiger partial charge in [0, 0.05) is 4.88 Å². The molecule has 3 heteroatoms. The van der Waals surface area contributed by atoms with Crippen LogP contribution in [0.5, 0.6) is 0 Å². The average molecular weight is 259 g/mol. The van der Waals surface area contributed by atoms with Crippen LogP contribution in [0.25, 0.3) is 10.4 Å². The van der Waals surface area contributed by atoms with Gasteiger partial charge >= 0.3 is 0 Å². The molecule has 0 unspecified atom stereocenters. The van der Waals surface area contributed by atoms with Gasteiger partial charge in [-0.3, -0.25) is 4.79 Å². The summed E-state index contributed by atoms with van der Waals surface area (Å²) in [5.74, 6) is 0.543. The average Bonchev–Trinajstić information content (AvgIpc) is 2.87. The predicted molar refractivity (Wildman–Crippen MR) is 77.2 cm³/mol. The van der Waals surface area contributed by atoms with E-state index in [1.807, 2.05) is 12.1 Å². The van der Waals surface area contributed by atoms with E-state index < -0.39 is 0 Å². The van der Waals surface area contributed by atoms with Gasteiger partial charge < -0.3 is 5.73 Å². The predicted octanol–water partition coefficient (Wildman–Crippen LogP) is 3.68. The molecule has 0 saturated carbocycles. The summed E-state index contributed by atoms with van der Waals surface area (Å²) in [7, 11) is 0. The summed E-state index contributed by atoms with van der Waals surface area (Å²) in [4.78, 5) is 13.3. The molecule has 2 aromatic rings. The number of hydrogen-bond donors (Lipinski definition) is 1. The Kier molecular flexibility index (Phi) is 3.94. The highest BCUT2D eigenvalue weighted by molar-refractivity contribution is 7.17. The first kappa shape index (κ1) is 13.0. The quantitative estimate of drug-likeness (QED) is 0.851. The Morgan fingerprint density at radius 1 is 1.17 bits per heavy atom. The lowest BCUT2D eigenvalue weighted by atomic mass is 10.0. The largest absolute Gasteiger partial charge is 0.324 e. The van der Waals surface area contributed by atoms with Crippen LogP contribution >= 0.6 is 11.3 Å². The summed E-state index contributed by atoms with van der Waals surface area (Å²) in [5, 5.41) is 0. The van der Waals surface area contributed by atoms with Gasteiger partial charge in [-0.2, -0.15) is 0 Å². The second kappa shape index (κ2) is 5.46. The number of carbonyl (C=O) groups excluding carboxylic acids is 1. The highest BCUT2D eigenvalue weighted by atomic mass is 32.1. The summed E-state index contributed by atoms with van der Waals surface area (Å²) < 4.78 is 0. The number of nitrogens with two attached hydrogens (primary N) is 1. The Morgan fingerprint density at radius 2 is 1.83 bits per heavy atom. The Hall–Kier alpha value is -1.45. The Morgan fingerprint density at radius 3 is 2.39 bits per heavy atom. The van der Waals surface area contributed by atoms with Crippen molar-refractivity contribution < 1.29 is 4.79 Å². The van der Waals surface area contributed by atoms with Crippen LogP contribution in [-0.4, -0.2) is 12.3 Å². The molecular formula is C15H17NOS. The smallest absolute Gasteiger partial charge is 0.186 e. The minimum absolute atomic E-state index is 0.00468. The van der Waals surface area contributed by atoms with Crippen molar-refractivity contribution in [1.82, 2.24) is 0 Å². The lowest BCUT2D eigenvalue weighted by Gasteiger charge is -2.05.